The van der Waals surface area contributed by atoms with E-state index in [1.54, 1.807) is 0 Å². The maximum absolute atomic E-state index is 12.4. The van der Waals surface area contributed by atoms with Crippen molar-refractivity contribution in [3.05, 3.63) is 47.5 Å². The Labute approximate surface area is 155 Å². The van der Waals surface area contributed by atoms with Gasteiger partial charge in [0.25, 0.3) is 0 Å². The Morgan fingerprint density at radius 3 is 1.52 bits per heavy atom. The monoisotopic (exact) mass is 404 g/mol. The van der Waals surface area contributed by atoms with Gasteiger partial charge in [-0.15, -0.1) is 23.2 Å². The highest BCUT2D eigenvalue weighted by molar-refractivity contribution is 7.91. The summed E-state index contributed by atoms with van der Waals surface area (Å²) in [6.07, 6.45) is 0. The molecule has 2 rings (SSSR count). The summed E-state index contributed by atoms with van der Waals surface area (Å²) in [5.74, 6) is -0.868. The smallest absolute Gasteiger partial charge is 0.153 e. The number of aromatic hydroxyl groups is 2. The Morgan fingerprint density at radius 2 is 1.20 bits per heavy atom. The highest BCUT2D eigenvalue weighted by Gasteiger charge is 2.24. The van der Waals surface area contributed by atoms with E-state index in [9.17, 15) is 18.6 Å². The summed E-state index contributed by atoms with van der Waals surface area (Å²) in [5, 5.41) is 17.2. The number of sulfone groups is 1. The molecular weight excluding hydrogens is 387 g/mol. The number of alkyl halides is 2. The largest absolute Gasteiger partial charge is 0.506 e. The standard InChI is InChI=1S/C16H18Cl2N2O4S/c17-11(9-1-3-15(21)13(19)5-9)7-25(23,24)8-12(18)10-2-4-16(22)14(20)6-10/h1-6,11-12,21-22H,7-8,19-20H2. The maximum Gasteiger partial charge on any atom is 0.153 e. The first kappa shape index (κ1) is 19.5. The van der Waals surface area contributed by atoms with Crippen LogP contribution in [0.25, 0.3) is 0 Å². The summed E-state index contributed by atoms with van der Waals surface area (Å²) in [6, 6.07) is 8.60. The number of halogens is 2. The van der Waals surface area contributed by atoms with Crippen molar-refractivity contribution >= 4 is 44.4 Å². The normalized spacial score (nSPS) is 14.2. The third kappa shape index (κ3) is 5.07. The number of hydrogen-bond donors (Lipinski definition) is 4. The van der Waals surface area contributed by atoms with E-state index in [0.29, 0.717) is 11.1 Å². The molecule has 2 aromatic carbocycles. The Hall–Kier alpha value is -1.83. The molecule has 136 valence electrons. The Morgan fingerprint density at radius 1 is 0.840 bits per heavy atom. The molecule has 0 fully saturated rings. The lowest BCUT2D eigenvalue weighted by Gasteiger charge is -2.15. The molecule has 0 aliphatic rings. The van der Waals surface area contributed by atoms with Crippen molar-refractivity contribution < 1.29 is 18.6 Å². The fraction of sp³-hybridized carbons (Fsp3) is 0.250. The zero-order chi connectivity index (χ0) is 18.8. The highest BCUT2D eigenvalue weighted by Crippen LogP contribution is 2.32. The zero-order valence-corrected chi connectivity index (χ0v) is 15.4. The Bertz CT molecular complexity index is 809. The van der Waals surface area contributed by atoms with E-state index in [0.717, 1.165) is 0 Å². The van der Waals surface area contributed by atoms with Gasteiger partial charge in [-0.2, -0.15) is 0 Å². The molecule has 0 spiro atoms. The van der Waals surface area contributed by atoms with Crippen LogP contribution in [0.15, 0.2) is 36.4 Å². The van der Waals surface area contributed by atoms with Gasteiger partial charge in [-0.05, 0) is 35.4 Å². The van der Waals surface area contributed by atoms with Crippen LogP contribution in [-0.2, 0) is 9.84 Å². The van der Waals surface area contributed by atoms with Gasteiger partial charge in [0.1, 0.15) is 11.5 Å². The van der Waals surface area contributed by atoms with Crippen LogP contribution in [0.3, 0.4) is 0 Å². The molecule has 0 bridgehead atoms. The lowest BCUT2D eigenvalue weighted by molar-refractivity contribution is 0.477. The predicted octanol–water partition coefficient (Wildman–Crippen LogP) is 2.94. The average molecular weight is 405 g/mol. The third-order valence-electron chi connectivity index (χ3n) is 3.63. The highest BCUT2D eigenvalue weighted by atomic mass is 35.5. The second kappa shape index (κ2) is 7.59. The summed E-state index contributed by atoms with van der Waals surface area (Å²) in [4.78, 5) is 0. The fourth-order valence-corrected chi connectivity index (χ4v) is 5.08. The number of hydrogen-bond acceptors (Lipinski definition) is 6. The fourth-order valence-electron chi connectivity index (χ4n) is 2.24. The summed E-state index contributed by atoms with van der Waals surface area (Å²) in [7, 11) is -3.59. The summed E-state index contributed by atoms with van der Waals surface area (Å²) < 4.78 is 24.7. The van der Waals surface area contributed by atoms with Crippen molar-refractivity contribution in [2.45, 2.75) is 10.8 Å². The molecule has 0 aliphatic carbocycles. The van der Waals surface area contributed by atoms with Crippen LogP contribution in [0.4, 0.5) is 11.4 Å². The molecule has 0 saturated carbocycles. The van der Waals surface area contributed by atoms with E-state index in [1.807, 2.05) is 0 Å². The third-order valence-corrected chi connectivity index (χ3v) is 6.49. The van der Waals surface area contributed by atoms with E-state index in [4.69, 9.17) is 34.7 Å². The molecule has 2 unspecified atom stereocenters. The number of anilines is 2. The van der Waals surface area contributed by atoms with Crippen LogP contribution in [0.2, 0.25) is 0 Å². The quantitative estimate of drug-likeness (QED) is 0.333. The molecular formula is C16H18Cl2N2O4S. The summed E-state index contributed by atoms with van der Waals surface area (Å²) >= 11 is 12.4. The van der Waals surface area contributed by atoms with Crippen LogP contribution in [0, 0.1) is 0 Å². The molecule has 2 atom stereocenters. The van der Waals surface area contributed by atoms with Crippen LogP contribution >= 0.6 is 23.2 Å². The topological polar surface area (TPSA) is 127 Å². The van der Waals surface area contributed by atoms with Gasteiger partial charge in [-0.25, -0.2) is 8.42 Å². The van der Waals surface area contributed by atoms with Crippen LogP contribution in [-0.4, -0.2) is 30.1 Å². The Kier molecular flexibility index (Phi) is 5.92. The molecule has 0 aromatic heterocycles. The number of nitrogen functional groups attached to an aromatic ring is 2. The molecule has 0 radical (unpaired) electrons. The molecule has 6 nitrogen and oxygen atoms in total. The van der Waals surface area contributed by atoms with E-state index < -0.39 is 20.6 Å². The summed E-state index contributed by atoms with van der Waals surface area (Å²) in [5.41, 5.74) is 12.4. The van der Waals surface area contributed by atoms with Gasteiger partial charge in [0, 0.05) is 0 Å². The summed E-state index contributed by atoms with van der Waals surface area (Å²) in [6.45, 7) is 0. The molecule has 9 heteroatoms. The minimum absolute atomic E-state index is 0.0961. The number of phenols is 2. The first-order valence-corrected chi connectivity index (χ1v) is 9.94. The number of benzene rings is 2. The van der Waals surface area contributed by atoms with Crippen molar-refractivity contribution in [3.63, 3.8) is 0 Å². The van der Waals surface area contributed by atoms with E-state index >= 15 is 0 Å². The van der Waals surface area contributed by atoms with Gasteiger partial charge in [0.2, 0.25) is 0 Å². The van der Waals surface area contributed by atoms with Crippen molar-refractivity contribution in [1.82, 2.24) is 0 Å². The van der Waals surface area contributed by atoms with Crippen LogP contribution in [0.5, 0.6) is 11.5 Å². The van der Waals surface area contributed by atoms with Gasteiger partial charge in [-0.3, -0.25) is 0 Å². The van der Waals surface area contributed by atoms with Crippen LogP contribution in [0.1, 0.15) is 21.9 Å². The van der Waals surface area contributed by atoms with Crippen molar-refractivity contribution in [3.8, 4) is 11.5 Å². The minimum atomic E-state index is -3.59. The molecule has 0 saturated heterocycles. The van der Waals surface area contributed by atoms with Crippen LogP contribution < -0.4 is 11.5 Å². The second-order valence-electron chi connectivity index (χ2n) is 5.65. The zero-order valence-electron chi connectivity index (χ0n) is 13.1. The van der Waals surface area contributed by atoms with Crippen molar-refractivity contribution in [2.75, 3.05) is 23.0 Å². The minimum Gasteiger partial charge on any atom is -0.506 e. The average Bonchev–Trinajstić information content (AvgIpc) is 2.51. The molecule has 0 aliphatic heterocycles. The Balaban J connectivity index is 2.09. The lowest BCUT2D eigenvalue weighted by atomic mass is 10.1. The molecule has 0 amide bonds. The van der Waals surface area contributed by atoms with E-state index in [-0.39, 0.29) is 34.4 Å². The SMILES string of the molecule is Nc1cc(C(Cl)CS(=O)(=O)CC(Cl)c2ccc(O)c(N)c2)ccc1O. The second-order valence-corrected chi connectivity index (χ2v) is 8.86. The van der Waals surface area contributed by atoms with Gasteiger partial charge < -0.3 is 21.7 Å². The lowest BCUT2D eigenvalue weighted by Crippen LogP contribution is -2.18. The molecule has 2 aromatic rings. The first-order chi connectivity index (χ1) is 11.6. The first-order valence-electron chi connectivity index (χ1n) is 7.24. The number of phenolic OH excluding ortho intramolecular Hbond substituents is 2. The van der Waals surface area contributed by atoms with E-state index in [1.165, 1.54) is 36.4 Å². The predicted molar refractivity (Wildman–Crippen MR) is 101 cm³/mol. The molecule has 25 heavy (non-hydrogen) atoms. The van der Waals surface area contributed by atoms with Gasteiger partial charge in [0.15, 0.2) is 9.84 Å². The maximum atomic E-state index is 12.4. The number of nitrogens with two attached hydrogens (primary N) is 2. The molecule has 6 N–H and O–H groups in total. The van der Waals surface area contributed by atoms with Gasteiger partial charge >= 0.3 is 0 Å². The van der Waals surface area contributed by atoms with E-state index in [2.05, 4.69) is 0 Å². The van der Waals surface area contributed by atoms with Crippen molar-refractivity contribution in [1.29, 1.82) is 0 Å². The van der Waals surface area contributed by atoms with Crippen molar-refractivity contribution in [2.24, 2.45) is 0 Å². The van der Waals surface area contributed by atoms with Gasteiger partial charge in [-0.1, -0.05) is 12.1 Å². The number of rotatable bonds is 6. The molecule has 0 heterocycles. The van der Waals surface area contributed by atoms with Gasteiger partial charge in [0.05, 0.1) is 33.6 Å².